The highest BCUT2D eigenvalue weighted by Crippen LogP contribution is 2.33. The van der Waals surface area contributed by atoms with Gasteiger partial charge in [0.05, 0.1) is 13.7 Å². The van der Waals surface area contributed by atoms with Gasteiger partial charge in [0.2, 0.25) is 0 Å². The molecule has 0 atom stereocenters. The van der Waals surface area contributed by atoms with Gasteiger partial charge in [0, 0.05) is 13.1 Å². The van der Waals surface area contributed by atoms with Gasteiger partial charge in [0.25, 0.3) is 0 Å². The van der Waals surface area contributed by atoms with E-state index in [1.54, 1.807) is 0 Å². The Morgan fingerprint density at radius 2 is 1.71 bits per heavy atom. The number of hydrogen-bond acceptors (Lipinski definition) is 3. The number of nitrogens with zero attached hydrogens (tertiary/aromatic N) is 1. The van der Waals surface area contributed by atoms with Crippen LogP contribution in [0.4, 0.5) is 0 Å². The first-order valence-corrected chi connectivity index (χ1v) is 5.57. The summed E-state index contributed by atoms with van der Waals surface area (Å²) in [6, 6.07) is 0. The van der Waals surface area contributed by atoms with E-state index >= 15 is 0 Å². The normalized spacial score (nSPS) is 21.3. The molecular weight excluding hydrogens is 178 g/mol. The molecule has 0 radical (unpaired) electrons. The van der Waals surface area contributed by atoms with Gasteiger partial charge in [0.15, 0.2) is 0 Å². The predicted molar refractivity (Wildman–Crippen MR) is 53.9 cm³/mol. The summed E-state index contributed by atoms with van der Waals surface area (Å²) in [7, 11) is 1.47. The molecule has 0 spiro atoms. The van der Waals surface area contributed by atoms with Crippen molar-refractivity contribution in [2.45, 2.75) is 25.7 Å². The van der Waals surface area contributed by atoms with E-state index in [1.165, 1.54) is 32.8 Å². The maximum absolute atomic E-state index is 11.2. The van der Waals surface area contributed by atoms with Crippen molar-refractivity contribution < 1.29 is 9.53 Å². The second-order valence-electron chi connectivity index (χ2n) is 4.66. The number of methoxy groups -OCH3 is 1. The Morgan fingerprint density at radius 3 is 2.07 bits per heavy atom. The average Bonchev–Trinajstić information content (AvgIpc) is 2.99. The Bertz CT molecular complexity index is 195. The van der Waals surface area contributed by atoms with E-state index in [4.69, 9.17) is 4.74 Å². The third-order valence-electron chi connectivity index (χ3n) is 3.01. The summed E-state index contributed by atoms with van der Waals surface area (Å²) in [4.78, 5) is 13.4. The molecule has 14 heavy (non-hydrogen) atoms. The summed E-state index contributed by atoms with van der Waals surface area (Å²) in [6.07, 6.45) is 5.40. The fraction of sp³-hybridized carbons (Fsp3) is 0.909. The van der Waals surface area contributed by atoms with Gasteiger partial charge in [-0.2, -0.15) is 0 Å². The molecule has 0 aromatic rings. The van der Waals surface area contributed by atoms with Crippen LogP contribution in [-0.4, -0.2) is 37.6 Å². The molecule has 2 rings (SSSR count). The van der Waals surface area contributed by atoms with Gasteiger partial charge in [-0.3, -0.25) is 9.69 Å². The SMILES string of the molecule is COC(=O)CN(CC1CC1)CC1CC1. The van der Waals surface area contributed by atoms with Crippen LogP contribution in [0.5, 0.6) is 0 Å². The smallest absolute Gasteiger partial charge is 0.319 e. The molecule has 0 heterocycles. The molecule has 0 aliphatic heterocycles. The highest BCUT2D eigenvalue weighted by molar-refractivity contribution is 5.71. The summed E-state index contributed by atoms with van der Waals surface area (Å²) in [6.45, 7) is 2.70. The summed E-state index contributed by atoms with van der Waals surface area (Å²) >= 11 is 0. The van der Waals surface area contributed by atoms with Crippen LogP contribution in [-0.2, 0) is 9.53 Å². The molecule has 0 unspecified atom stereocenters. The van der Waals surface area contributed by atoms with Crippen molar-refractivity contribution in [2.24, 2.45) is 11.8 Å². The molecule has 0 bridgehead atoms. The lowest BCUT2D eigenvalue weighted by atomic mass is 10.3. The van der Waals surface area contributed by atoms with Gasteiger partial charge in [0.1, 0.15) is 0 Å². The van der Waals surface area contributed by atoms with Gasteiger partial charge in [-0.1, -0.05) is 0 Å². The third kappa shape index (κ3) is 3.29. The van der Waals surface area contributed by atoms with E-state index in [2.05, 4.69) is 4.90 Å². The van der Waals surface area contributed by atoms with Crippen molar-refractivity contribution in [1.29, 1.82) is 0 Å². The number of carbonyl (C=O) groups excluding carboxylic acids is 1. The van der Waals surface area contributed by atoms with Crippen LogP contribution in [0.3, 0.4) is 0 Å². The van der Waals surface area contributed by atoms with Crippen molar-refractivity contribution in [3.8, 4) is 0 Å². The first kappa shape index (κ1) is 9.97. The summed E-state index contributed by atoms with van der Waals surface area (Å²) in [5, 5.41) is 0. The summed E-state index contributed by atoms with van der Waals surface area (Å²) in [5.74, 6) is 1.63. The third-order valence-corrected chi connectivity index (χ3v) is 3.01. The quantitative estimate of drug-likeness (QED) is 0.601. The Morgan fingerprint density at radius 1 is 1.21 bits per heavy atom. The highest BCUT2D eigenvalue weighted by Gasteiger charge is 2.29. The zero-order chi connectivity index (χ0) is 9.97. The fourth-order valence-corrected chi connectivity index (χ4v) is 1.78. The molecule has 0 amide bonds. The van der Waals surface area contributed by atoms with Crippen LogP contribution in [0, 0.1) is 11.8 Å². The molecule has 3 nitrogen and oxygen atoms in total. The molecule has 2 aliphatic carbocycles. The van der Waals surface area contributed by atoms with Crippen LogP contribution in [0.2, 0.25) is 0 Å². The zero-order valence-corrected chi connectivity index (χ0v) is 8.87. The lowest BCUT2D eigenvalue weighted by molar-refractivity contribution is -0.142. The monoisotopic (exact) mass is 197 g/mol. The Hall–Kier alpha value is -0.570. The molecule has 0 aromatic heterocycles. The van der Waals surface area contributed by atoms with Gasteiger partial charge in [-0.15, -0.1) is 0 Å². The maximum atomic E-state index is 11.2. The van der Waals surface area contributed by atoms with E-state index in [9.17, 15) is 4.79 Å². The summed E-state index contributed by atoms with van der Waals surface area (Å²) < 4.78 is 4.70. The van der Waals surface area contributed by atoms with Crippen LogP contribution in [0.15, 0.2) is 0 Å². The van der Waals surface area contributed by atoms with Gasteiger partial charge in [-0.25, -0.2) is 0 Å². The number of hydrogen-bond donors (Lipinski definition) is 0. The first-order valence-electron chi connectivity index (χ1n) is 5.57. The van der Waals surface area contributed by atoms with Crippen molar-refractivity contribution >= 4 is 5.97 Å². The van der Waals surface area contributed by atoms with E-state index in [-0.39, 0.29) is 5.97 Å². The number of carbonyl (C=O) groups is 1. The molecule has 0 aromatic carbocycles. The zero-order valence-electron chi connectivity index (χ0n) is 8.87. The number of esters is 1. The summed E-state index contributed by atoms with van der Waals surface area (Å²) in [5.41, 5.74) is 0. The van der Waals surface area contributed by atoms with Crippen molar-refractivity contribution in [1.82, 2.24) is 4.90 Å². The Kier molecular flexibility index (Phi) is 3.06. The van der Waals surface area contributed by atoms with Gasteiger partial charge >= 0.3 is 5.97 Å². The standard InChI is InChI=1S/C11H19NO2/c1-14-11(13)8-12(6-9-2-3-9)7-10-4-5-10/h9-10H,2-8H2,1H3. The lowest BCUT2D eigenvalue weighted by Crippen LogP contribution is -2.34. The van der Waals surface area contributed by atoms with Crippen LogP contribution < -0.4 is 0 Å². The molecule has 80 valence electrons. The molecule has 0 saturated heterocycles. The first-order chi connectivity index (χ1) is 6.78. The minimum atomic E-state index is -0.0914. The molecular formula is C11H19NO2. The second-order valence-corrected chi connectivity index (χ2v) is 4.66. The lowest BCUT2D eigenvalue weighted by Gasteiger charge is -2.20. The minimum Gasteiger partial charge on any atom is -0.468 e. The minimum absolute atomic E-state index is 0.0914. The molecule has 2 fully saturated rings. The van der Waals surface area contributed by atoms with Gasteiger partial charge < -0.3 is 4.74 Å². The van der Waals surface area contributed by atoms with E-state index in [1.807, 2.05) is 0 Å². The van der Waals surface area contributed by atoms with Crippen LogP contribution in [0.1, 0.15) is 25.7 Å². The van der Waals surface area contributed by atoms with Crippen molar-refractivity contribution in [3.63, 3.8) is 0 Å². The Balaban J connectivity index is 1.73. The molecule has 3 heteroatoms. The van der Waals surface area contributed by atoms with Crippen molar-refractivity contribution in [3.05, 3.63) is 0 Å². The largest absolute Gasteiger partial charge is 0.468 e. The predicted octanol–water partition coefficient (Wildman–Crippen LogP) is 1.28. The second kappa shape index (κ2) is 4.30. The van der Waals surface area contributed by atoms with Crippen LogP contribution in [0.25, 0.3) is 0 Å². The Labute approximate surface area is 85.4 Å². The maximum Gasteiger partial charge on any atom is 0.319 e. The number of rotatable bonds is 6. The van der Waals surface area contributed by atoms with Gasteiger partial charge in [-0.05, 0) is 37.5 Å². The fourth-order valence-electron chi connectivity index (χ4n) is 1.78. The molecule has 2 saturated carbocycles. The topological polar surface area (TPSA) is 29.5 Å². The highest BCUT2D eigenvalue weighted by atomic mass is 16.5. The number of ether oxygens (including phenoxy) is 1. The van der Waals surface area contributed by atoms with E-state index in [0.717, 1.165) is 24.9 Å². The molecule has 2 aliphatic rings. The van der Waals surface area contributed by atoms with E-state index in [0.29, 0.717) is 6.54 Å². The molecule has 0 N–H and O–H groups in total. The van der Waals surface area contributed by atoms with Crippen molar-refractivity contribution in [2.75, 3.05) is 26.7 Å². The van der Waals surface area contributed by atoms with Crippen LogP contribution >= 0.6 is 0 Å². The average molecular weight is 197 g/mol. The van der Waals surface area contributed by atoms with E-state index < -0.39 is 0 Å².